The lowest BCUT2D eigenvalue weighted by Crippen LogP contribution is -2.50. The van der Waals surface area contributed by atoms with Crippen LogP contribution in [0.25, 0.3) is 0 Å². The number of amides is 4. The minimum absolute atomic E-state index is 0.0262. The number of carbonyl (C=O) groups is 4. The van der Waals surface area contributed by atoms with E-state index < -0.39 is 94.3 Å². The molecule has 4 N–H and O–H groups in total. The van der Waals surface area contributed by atoms with E-state index in [9.17, 15) is 54.3 Å². The smallest absolute Gasteiger partial charge is 0.282 e. The molecule has 0 radical (unpaired) electrons. The minimum atomic E-state index is -2.78. The maximum atomic E-state index is 13.3. The molecule has 16 nitrogen and oxygen atoms in total. The number of alkyl halides is 8. The highest BCUT2D eigenvalue weighted by Gasteiger charge is 2.64. The van der Waals surface area contributed by atoms with Crippen molar-refractivity contribution in [2.45, 2.75) is 218 Å². The Kier molecular flexibility index (Phi) is 20.6. The zero-order valence-corrected chi connectivity index (χ0v) is 64.0. The predicted octanol–water partition coefficient (Wildman–Crippen LogP) is 18.3. The summed E-state index contributed by atoms with van der Waals surface area (Å²) in [5.41, 5.74) is 8.13. The number of carbonyl (C=O) groups excluding carboxylic acids is 4. The van der Waals surface area contributed by atoms with Crippen LogP contribution < -0.4 is 21.3 Å². The van der Waals surface area contributed by atoms with Crippen molar-refractivity contribution < 1.29 is 54.3 Å². The molecule has 8 aliphatic rings. The first kappa shape index (κ1) is 77.2. The summed E-state index contributed by atoms with van der Waals surface area (Å²) in [6.45, 7) is 21.6. The summed E-state index contributed by atoms with van der Waals surface area (Å²) in [4.78, 5) is 52.4. The molecule has 8 bridgehead atoms. The third-order valence-corrected chi connectivity index (χ3v) is 25.0. The fraction of sp³-hybridized carbons (Fsp3) is 0.524. The van der Waals surface area contributed by atoms with E-state index in [4.69, 9.17) is 0 Å². The molecule has 0 saturated heterocycles. The van der Waals surface area contributed by atoms with E-state index in [1.54, 1.807) is 28.2 Å². The van der Waals surface area contributed by atoms with Crippen molar-refractivity contribution in [2.75, 3.05) is 0 Å². The van der Waals surface area contributed by atoms with E-state index >= 15 is 0 Å². The van der Waals surface area contributed by atoms with Crippen LogP contribution in [0.3, 0.4) is 0 Å². The number of hydrogen-bond donors (Lipinski definition) is 4. The molecule has 108 heavy (non-hydrogen) atoms. The van der Waals surface area contributed by atoms with E-state index in [0.717, 1.165) is 99.3 Å². The topological polar surface area (TPSA) is 188 Å². The molecule has 12 unspecified atom stereocenters. The molecule has 16 rings (SSSR count). The van der Waals surface area contributed by atoms with Gasteiger partial charge in [0, 0.05) is 53.0 Å². The second kappa shape index (κ2) is 28.8. The van der Waals surface area contributed by atoms with Crippen LogP contribution >= 0.6 is 0 Å². The molecular weight excluding hydrogens is 1390 g/mol. The van der Waals surface area contributed by atoms with Crippen LogP contribution in [0.1, 0.15) is 302 Å². The number of halogens is 8. The number of benzene rings is 4. The van der Waals surface area contributed by atoms with Gasteiger partial charge in [0.15, 0.2) is 0 Å². The Hall–Kier alpha value is -8.96. The van der Waals surface area contributed by atoms with Gasteiger partial charge in [-0.15, -0.1) is 0 Å². The van der Waals surface area contributed by atoms with E-state index in [-0.39, 0.29) is 44.9 Å². The molecule has 4 saturated carbocycles. The summed E-state index contributed by atoms with van der Waals surface area (Å²) in [5, 5.41) is 27.9. The fourth-order valence-electron chi connectivity index (χ4n) is 21.7. The van der Waals surface area contributed by atoms with Gasteiger partial charge >= 0.3 is 0 Å². The second-order valence-corrected chi connectivity index (χ2v) is 33.7. The van der Waals surface area contributed by atoms with Gasteiger partial charge in [-0.2, -0.15) is 20.4 Å². The van der Waals surface area contributed by atoms with Gasteiger partial charge in [0.2, 0.25) is 0 Å². The number of aromatic nitrogens is 8. The summed E-state index contributed by atoms with van der Waals surface area (Å²) in [6, 6.07) is 29.4. The Bertz CT molecular complexity index is 4460. The first-order chi connectivity index (χ1) is 51.0. The number of rotatable bonds is 16. The largest absolute Gasteiger partial charge is 0.342 e. The highest BCUT2D eigenvalue weighted by molar-refractivity contribution is 5.98. The van der Waals surface area contributed by atoms with Crippen molar-refractivity contribution in [1.82, 2.24) is 60.4 Å². The second-order valence-electron chi connectivity index (χ2n) is 33.7. The molecule has 4 aromatic heterocycles. The van der Waals surface area contributed by atoms with Crippen molar-refractivity contribution in [3.8, 4) is 0 Å². The summed E-state index contributed by atoms with van der Waals surface area (Å²) in [5.74, 6) is 0.864. The van der Waals surface area contributed by atoms with Crippen molar-refractivity contribution >= 4 is 23.6 Å². The van der Waals surface area contributed by atoms with Crippen LogP contribution in [-0.4, -0.2) is 62.8 Å². The van der Waals surface area contributed by atoms with E-state index in [0.29, 0.717) is 35.5 Å². The molecule has 12 atom stereocenters. The summed E-state index contributed by atoms with van der Waals surface area (Å²) in [6.07, 6.45) is 5.90. The Morgan fingerprint density at radius 3 is 0.963 bits per heavy atom. The van der Waals surface area contributed by atoms with Crippen molar-refractivity contribution in [3.63, 3.8) is 0 Å². The fourth-order valence-corrected chi connectivity index (χ4v) is 21.7. The molecule has 4 aromatic carbocycles. The van der Waals surface area contributed by atoms with Crippen molar-refractivity contribution in [2.24, 2.45) is 62.7 Å². The lowest BCUT2D eigenvalue weighted by atomic mass is 9.69. The van der Waals surface area contributed by atoms with Crippen molar-refractivity contribution in [3.05, 3.63) is 210 Å². The lowest BCUT2D eigenvalue weighted by molar-refractivity contribution is 0.0763. The monoisotopic (exact) mass is 1490 g/mol. The highest BCUT2D eigenvalue weighted by Crippen LogP contribution is 2.67. The zero-order chi connectivity index (χ0) is 77.8. The molecule has 8 aromatic rings. The van der Waals surface area contributed by atoms with Gasteiger partial charge in [0.25, 0.3) is 49.3 Å². The molecule has 0 spiro atoms. The molecule has 0 aliphatic heterocycles. The predicted molar refractivity (Wildman–Crippen MR) is 395 cm³/mol. The van der Waals surface area contributed by atoms with Crippen LogP contribution in [0.5, 0.6) is 0 Å². The van der Waals surface area contributed by atoms with Gasteiger partial charge in [0.05, 0.1) is 44.4 Å². The summed E-state index contributed by atoms with van der Waals surface area (Å²) >= 11 is 0. The molecule has 24 heteroatoms. The standard InChI is InChI=1S/4C21H25F2N3O/c2*1-20(2,3)17-13-9-10-21(17,15-8-6-5-7-12(13)15)24-19(27)14-11-26(4)25-16(14)18(22)23;2*1-4-5-16-14-8-9-21(16,17-10-12(2)6-7-13(14)17)24-20(27)15-11-26(3)25-18(15)19(22)23/h2*5-8,11,13,17-18H,9-10H2,1-4H3,(H,24,27);2*6-7,10-11,14,16,19H,4-5,8-9H2,1-3H3,(H,24,27). The number of fused-ring (bicyclic) bond motifs is 20. The van der Waals surface area contributed by atoms with E-state index in [1.807, 2.05) is 38.1 Å². The van der Waals surface area contributed by atoms with Crippen LogP contribution in [-0.2, 0) is 50.3 Å². The molecule has 4 heterocycles. The van der Waals surface area contributed by atoms with Crippen LogP contribution in [0.15, 0.2) is 110 Å². The van der Waals surface area contributed by atoms with E-state index in [1.165, 1.54) is 76.9 Å². The molecular formula is C84H100F8N12O4. The van der Waals surface area contributed by atoms with Gasteiger partial charge in [-0.05, 0) is 181 Å². The zero-order valence-electron chi connectivity index (χ0n) is 64.0. The Balaban J connectivity index is 0.000000127. The number of aryl methyl sites for hydroxylation is 6. The van der Waals surface area contributed by atoms with Gasteiger partial charge in [-0.1, -0.05) is 164 Å². The van der Waals surface area contributed by atoms with Crippen LogP contribution in [0, 0.1) is 48.3 Å². The molecule has 576 valence electrons. The quantitative estimate of drug-likeness (QED) is 0.0688. The average molecular weight is 1490 g/mol. The lowest BCUT2D eigenvalue weighted by Gasteiger charge is -2.41. The Labute approximate surface area is 626 Å². The van der Waals surface area contributed by atoms with Gasteiger partial charge in [0.1, 0.15) is 22.8 Å². The summed E-state index contributed by atoms with van der Waals surface area (Å²) < 4.78 is 112. The SMILES string of the molecule is CCCC1C2CCC1(NC(=O)c1cn(C)nc1C(F)F)c1cc(C)ccc12.CCCC1C2CCC1(NC(=O)c1cn(C)nc1C(F)F)c1cc(C)ccc12.Cn1cc(C(=O)NC23CCC(c4ccccc42)C3C(C)(C)C)c(C(F)F)n1.Cn1cc(C(=O)NC23CCC(c4ccccc42)C3C(C)(C)C)c(C(F)F)n1. The minimum Gasteiger partial charge on any atom is -0.342 e. The normalized spacial score (nSPS) is 26.2. The third kappa shape index (κ3) is 13.1. The Morgan fingerprint density at radius 1 is 0.407 bits per heavy atom. The first-order valence-electron chi connectivity index (χ1n) is 38.0. The maximum absolute atomic E-state index is 13.3. The van der Waals surface area contributed by atoms with Crippen LogP contribution in [0.2, 0.25) is 0 Å². The molecule has 4 amide bonds. The molecule has 4 fully saturated rings. The Morgan fingerprint density at radius 2 is 0.676 bits per heavy atom. The van der Waals surface area contributed by atoms with Gasteiger partial charge in [-0.25, -0.2) is 35.1 Å². The van der Waals surface area contributed by atoms with Crippen LogP contribution in [0.4, 0.5) is 35.1 Å². The number of nitrogens with one attached hydrogen (secondary N) is 4. The van der Waals surface area contributed by atoms with Gasteiger partial charge < -0.3 is 21.3 Å². The highest BCUT2D eigenvalue weighted by atomic mass is 19.3. The third-order valence-electron chi connectivity index (χ3n) is 25.0. The maximum Gasteiger partial charge on any atom is 0.282 e. The first-order valence-corrected chi connectivity index (χ1v) is 38.0. The van der Waals surface area contributed by atoms with E-state index in [2.05, 4.69) is 158 Å². The summed E-state index contributed by atoms with van der Waals surface area (Å²) in [7, 11) is 6.21. The molecule has 8 aliphatic carbocycles. The average Bonchev–Trinajstić information content (AvgIpc) is 1.56. The van der Waals surface area contributed by atoms with Gasteiger partial charge in [-0.3, -0.25) is 37.9 Å². The number of hydrogen-bond acceptors (Lipinski definition) is 8. The van der Waals surface area contributed by atoms with Crippen molar-refractivity contribution in [1.29, 1.82) is 0 Å². The number of nitrogens with zero attached hydrogens (tertiary/aromatic N) is 8.